The molecule has 0 aliphatic rings. The molecule has 6 aromatic carbocycles. The molecule has 291 valence electrons. The minimum atomic E-state index is -1.23. The molecule has 0 spiro atoms. The van der Waals surface area contributed by atoms with Crippen molar-refractivity contribution in [3.63, 3.8) is 0 Å². The largest absolute Gasteiger partial charge is 0.500 e. The van der Waals surface area contributed by atoms with E-state index in [2.05, 4.69) is 131 Å². The smallest absolute Gasteiger partial charge is 0.216 e. The Morgan fingerprint density at radius 2 is 1.36 bits per heavy atom. The fourth-order valence-electron chi connectivity index (χ4n) is 7.45. The summed E-state index contributed by atoms with van der Waals surface area (Å²) in [6.07, 6.45) is 3.54. The predicted molar refractivity (Wildman–Crippen MR) is 237 cm³/mol. The molecule has 0 unspecified atom stereocenters. The Balaban J connectivity index is 0.000000240. The molecule has 59 heavy (non-hydrogen) atoms. The van der Waals surface area contributed by atoms with Crippen molar-refractivity contribution in [2.24, 2.45) is 0 Å². The normalized spacial score (nSPS) is 11.3. The Morgan fingerprint density at radius 3 is 2.02 bits per heavy atom. The van der Waals surface area contributed by atoms with Crippen LogP contribution in [-0.2, 0) is 26.7 Å². The van der Waals surface area contributed by atoms with E-state index < -0.39 is 14.0 Å². The molecule has 10 rings (SSSR count). The van der Waals surface area contributed by atoms with Crippen molar-refractivity contribution in [3.8, 4) is 44.9 Å². The van der Waals surface area contributed by atoms with Gasteiger partial charge < -0.3 is 14.0 Å². The van der Waals surface area contributed by atoms with Gasteiger partial charge in [-0.2, -0.15) is 4.39 Å². The summed E-state index contributed by atoms with van der Waals surface area (Å²) in [6.45, 7) is 7.56. The zero-order valence-corrected chi connectivity index (χ0v) is 36.2. The van der Waals surface area contributed by atoms with Gasteiger partial charge in [0.25, 0.3) is 0 Å². The molecule has 0 N–H and O–H groups in total. The van der Waals surface area contributed by atoms with E-state index in [4.69, 9.17) is 9.40 Å². The van der Waals surface area contributed by atoms with Crippen LogP contribution >= 0.6 is 0 Å². The first-order chi connectivity index (χ1) is 28.3. The minimum Gasteiger partial charge on any atom is -0.500 e. The second kappa shape index (κ2) is 16.9. The van der Waals surface area contributed by atoms with Crippen LogP contribution in [0.5, 0.6) is 0 Å². The molecule has 4 aromatic heterocycles. The molecule has 0 aliphatic carbocycles. The maximum absolute atomic E-state index is 14.0. The number of rotatable bonds is 7. The average molecular weight is 963 g/mol. The van der Waals surface area contributed by atoms with Crippen molar-refractivity contribution in [1.82, 2.24) is 19.5 Å². The van der Waals surface area contributed by atoms with Crippen LogP contribution in [0.15, 0.2) is 175 Å². The van der Waals surface area contributed by atoms with Gasteiger partial charge in [0.05, 0.1) is 30.5 Å². The summed E-state index contributed by atoms with van der Waals surface area (Å²) < 4.78 is 22.5. The summed E-state index contributed by atoms with van der Waals surface area (Å²) in [5.41, 5.74) is 11.5. The Kier molecular flexibility index (Phi) is 11.3. The van der Waals surface area contributed by atoms with Crippen molar-refractivity contribution in [3.05, 3.63) is 194 Å². The number of benzene rings is 6. The first kappa shape index (κ1) is 39.5. The third-order valence-corrected chi connectivity index (χ3v) is 12.5. The van der Waals surface area contributed by atoms with Crippen LogP contribution in [0.3, 0.4) is 0 Å². The minimum absolute atomic E-state index is 0. The molecular weight excluding hydrogens is 924 g/mol. The molecule has 0 saturated heterocycles. The quantitative estimate of drug-likeness (QED) is 0.0907. The van der Waals surface area contributed by atoms with E-state index in [1.165, 1.54) is 23.0 Å². The number of fused-ring (bicyclic) bond motifs is 4. The molecule has 0 aliphatic heterocycles. The van der Waals surface area contributed by atoms with Gasteiger partial charge in [-0.25, -0.2) is 4.98 Å². The number of pyridine rings is 2. The Bertz CT molecular complexity index is 2960. The summed E-state index contributed by atoms with van der Waals surface area (Å²) >= 11 is 0. The SMILES string of the molecule is C[Si](C)(C)c1ccc(-c2[c-]cccc2)nc1.Fc1cc2oc3c(-c4nc5ccccc5n4Cc4c(-c5ccccc5)cccc4-c4ccccc4)[c-]ccc3c2cn1.[Ir]. The zero-order valence-electron chi connectivity index (χ0n) is 32.8. The van der Waals surface area contributed by atoms with Gasteiger partial charge in [-0.05, 0) is 50.8 Å². The van der Waals surface area contributed by atoms with E-state index in [0.717, 1.165) is 66.7 Å². The molecule has 4 heterocycles. The number of para-hydroxylation sites is 2. The van der Waals surface area contributed by atoms with E-state index in [0.29, 0.717) is 17.7 Å². The number of nitrogens with zero attached hydrogens (tertiary/aromatic N) is 4. The summed E-state index contributed by atoms with van der Waals surface area (Å²) in [5, 5.41) is 3.00. The molecule has 0 saturated carbocycles. The maximum Gasteiger partial charge on any atom is 0.216 e. The van der Waals surface area contributed by atoms with Crippen molar-refractivity contribution >= 4 is 46.2 Å². The number of halogens is 1. The number of hydrogen-bond donors (Lipinski definition) is 0. The number of imidazole rings is 1. The second-order valence-corrected chi connectivity index (χ2v) is 20.3. The third kappa shape index (κ3) is 8.08. The van der Waals surface area contributed by atoms with Crippen LogP contribution in [0, 0.1) is 18.1 Å². The fourth-order valence-corrected chi connectivity index (χ4v) is 8.48. The molecule has 10 aromatic rings. The van der Waals surface area contributed by atoms with Crippen molar-refractivity contribution in [2.45, 2.75) is 26.2 Å². The Labute approximate surface area is 357 Å². The van der Waals surface area contributed by atoms with Crippen molar-refractivity contribution in [2.75, 3.05) is 0 Å². The van der Waals surface area contributed by atoms with Gasteiger partial charge in [0.15, 0.2) is 0 Å². The van der Waals surface area contributed by atoms with Crippen LogP contribution in [0.25, 0.3) is 77.9 Å². The summed E-state index contributed by atoms with van der Waals surface area (Å²) in [5.74, 6) is 0.154. The van der Waals surface area contributed by atoms with Gasteiger partial charge >= 0.3 is 0 Å². The van der Waals surface area contributed by atoms with Crippen LogP contribution in [0.1, 0.15) is 5.56 Å². The van der Waals surface area contributed by atoms with Crippen LogP contribution in [0.2, 0.25) is 19.6 Å². The third-order valence-electron chi connectivity index (χ3n) is 10.4. The van der Waals surface area contributed by atoms with Gasteiger partial charge in [0.1, 0.15) is 5.58 Å². The van der Waals surface area contributed by atoms with Crippen molar-refractivity contribution in [1.29, 1.82) is 0 Å². The molecule has 0 fully saturated rings. The molecule has 0 bridgehead atoms. The standard InChI is InChI=1S/C37H23FN3O.C14H16NSi.Ir/c38-35-21-34-30(22-39-35)28-17-10-18-29(36(28)42-34)37-40-32-19-7-8-20-33(32)41(37)23-31-26(24-11-3-1-4-12-24)15-9-16-27(31)25-13-5-2-6-14-25;1-16(2,3)13-9-10-14(15-11-13)12-7-5-4-6-8-12;/h1-17,19-22H,23H2;4-7,9-11H,1-3H3;/q2*-1;. The number of hydrogen-bond acceptors (Lipinski definition) is 4. The van der Waals surface area contributed by atoms with Gasteiger partial charge in [0.2, 0.25) is 5.95 Å². The second-order valence-electron chi connectivity index (χ2n) is 15.2. The molecule has 1 radical (unpaired) electrons. The zero-order chi connectivity index (χ0) is 39.6. The van der Waals surface area contributed by atoms with Crippen LogP contribution < -0.4 is 5.19 Å². The molecule has 0 atom stereocenters. The monoisotopic (exact) mass is 963 g/mol. The van der Waals surface area contributed by atoms with Gasteiger partial charge in [-0.1, -0.05) is 134 Å². The van der Waals surface area contributed by atoms with E-state index >= 15 is 0 Å². The fraction of sp³-hybridized carbons (Fsp3) is 0.0784. The van der Waals surface area contributed by atoms with Gasteiger partial charge in [-0.15, -0.1) is 54.1 Å². The van der Waals surface area contributed by atoms with E-state index in [1.807, 2.05) is 72.9 Å². The molecule has 0 amide bonds. The molecule has 8 heteroatoms. The molecular formula is C51H39FIrN4OSi-2. The average Bonchev–Trinajstić information content (AvgIpc) is 3.82. The summed E-state index contributed by atoms with van der Waals surface area (Å²) in [4.78, 5) is 13.5. The Hall–Kier alpha value is -6.31. The van der Waals surface area contributed by atoms with Gasteiger partial charge in [-0.3, -0.25) is 4.98 Å². The van der Waals surface area contributed by atoms with E-state index in [9.17, 15) is 4.39 Å². The van der Waals surface area contributed by atoms with Gasteiger partial charge in [0, 0.05) is 50.5 Å². The van der Waals surface area contributed by atoms with E-state index in [1.54, 1.807) is 0 Å². The first-order valence-corrected chi connectivity index (χ1v) is 22.8. The van der Waals surface area contributed by atoms with E-state index in [-0.39, 0.29) is 20.1 Å². The summed E-state index contributed by atoms with van der Waals surface area (Å²) in [7, 11) is -1.23. The van der Waals surface area contributed by atoms with Crippen molar-refractivity contribution < 1.29 is 28.9 Å². The Morgan fingerprint density at radius 1 is 0.661 bits per heavy atom. The number of aromatic nitrogens is 4. The van der Waals surface area contributed by atoms with Crippen LogP contribution in [0.4, 0.5) is 4.39 Å². The van der Waals surface area contributed by atoms with Crippen LogP contribution in [-0.4, -0.2) is 27.6 Å². The predicted octanol–water partition coefficient (Wildman–Crippen LogP) is 12.4. The summed E-state index contributed by atoms with van der Waals surface area (Å²) in [6, 6.07) is 59.5. The maximum atomic E-state index is 14.0. The number of furan rings is 1. The molecule has 5 nitrogen and oxygen atoms in total. The topological polar surface area (TPSA) is 56.7 Å². The first-order valence-electron chi connectivity index (χ1n) is 19.3.